The van der Waals surface area contributed by atoms with Crippen LogP contribution in [0.15, 0.2) is 60.8 Å². The Bertz CT molecular complexity index is 1130. The quantitative estimate of drug-likeness (QED) is 0.0284. The van der Waals surface area contributed by atoms with Gasteiger partial charge in [-0.3, -0.25) is 9.59 Å². The van der Waals surface area contributed by atoms with Crippen molar-refractivity contribution < 1.29 is 38.2 Å². The molecule has 0 heterocycles. The van der Waals surface area contributed by atoms with Gasteiger partial charge in [0.05, 0.1) is 34.4 Å². The molecule has 0 bridgehead atoms. The third-order valence-electron chi connectivity index (χ3n) is 10.2. The summed E-state index contributed by atoms with van der Waals surface area (Å²) in [5.41, 5.74) is 0. The molecule has 0 saturated carbocycles. The number of allylic oxidation sites excluding steroid dienone is 10. The van der Waals surface area contributed by atoms with Gasteiger partial charge < -0.3 is 23.8 Å². The average Bonchev–Trinajstić information content (AvgIpc) is 3.18. The maximum absolute atomic E-state index is 12.7. The van der Waals surface area contributed by atoms with Crippen LogP contribution in [-0.4, -0.2) is 80.6 Å². The average molecular weight is 815 g/mol. The van der Waals surface area contributed by atoms with Crippen molar-refractivity contribution in [1.82, 2.24) is 0 Å². The molecule has 0 aliphatic heterocycles. The lowest BCUT2D eigenvalue weighted by atomic mass is 10.1. The lowest BCUT2D eigenvalue weighted by Gasteiger charge is -2.31. The van der Waals surface area contributed by atoms with Crippen LogP contribution in [0, 0.1) is 0 Å². The van der Waals surface area contributed by atoms with Crippen molar-refractivity contribution in [2.24, 2.45) is 0 Å². The summed E-state index contributed by atoms with van der Waals surface area (Å²) in [6.07, 6.45) is 49.7. The number of ether oxygens (including phenoxy) is 3. The minimum atomic E-state index is -0.880. The minimum Gasteiger partial charge on any atom is -0.477 e. The summed E-state index contributed by atoms with van der Waals surface area (Å²) < 4.78 is 17.3. The van der Waals surface area contributed by atoms with Gasteiger partial charge in [-0.15, -0.1) is 0 Å². The van der Waals surface area contributed by atoms with E-state index in [2.05, 4.69) is 74.6 Å². The molecule has 334 valence electrons. The first-order chi connectivity index (χ1) is 28.1. The molecule has 8 nitrogen and oxygen atoms in total. The van der Waals surface area contributed by atoms with Gasteiger partial charge in [0.2, 0.25) is 0 Å². The molecule has 0 aromatic rings. The van der Waals surface area contributed by atoms with Gasteiger partial charge in [0.15, 0.2) is 12.1 Å². The van der Waals surface area contributed by atoms with E-state index in [9.17, 15) is 19.5 Å². The van der Waals surface area contributed by atoms with Crippen LogP contribution < -0.4 is 0 Å². The second kappa shape index (κ2) is 40.8. The van der Waals surface area contributed by atoms with E-state index in [4.69, 9.17) is 14.2 Å². The summed E-state index contributed by atoms with van der Waals surface area (Å²) in [5, 5.41) is 9.63. The fourth-order valence-corrected chi connectivity index (χ4v) is 6.55. The topological polar surface area (TPSA) is 99.1 Å². The van der Waals surface area contributed by atoms with Crippen molar-refractivity contribution in [3.05, 3.63) is 60.8 Å². The molecule has 0 saturated heterocycles. The predicted molar refractivity (Wildman–Crippen MR) is 243 cm³/mol. The van der Waals surface area contributed by atoms with Gasteiger partial charge in [-0.2, -0.15) is 0 Å². The van der Waals surface area contributed by atoms with Gasteiger partial charge in [0.25, 0.3) is 0 Å². The summed E-state index contributed by atoms with van der Waals surface area (Å²) in [6.45, 7) is 4.58. The van der Waals surface area contributed by atoms with E-state index in [1.54, 1.807) is 0 Å². The monoisotopic (exact) mass is 815 g/mol. The molecule has 8 heteroatoms. The van der Waals surface area contributed by atoms with E-state index in [-0.39, 0.29) is 36.2 Å². The van der Waals surface area contributed by atoms with Gasteiger partial charge in [0, 0.05) is 19.3 Å². The number of aliphatic carboxylic acids is 1. The number of nitrogens with zero attached hydrogens (tertiary/aromatic N) is 1. The molecular formula is C50H88NO7+. The Morgan fingerprint density at radius 1 is 0.534 bits per heavy atom. The molecule has 0 fully saturated rings. The number of carboxylic acids is 1. The summed E-state index contributed by atoms with van der Waals surface area (Å²) in [7, 11) is 5.52. The third-order valence-corrected chi connectivity index (χ3v) is 10.2. The highest BCUT2D eigenvalue weighted by Gasteiger charge is 2.31. The van der Waals surface area contributed by atoms with Crippen LogP contribution in [0.3, 0.4) is 0 Å². The van der Waals surface area contributed by atoms with Crippen LogP contribution in [0.4, 0.5) is 0 Å². The van der Waals surface area contributed by atoms with Crippen LogP contribution >= 0.6 is 0 Å². The molecule has 1 N–H and O–H groups in total. The highest BCUT2D eigenvalue weighted by Crippen LogP contribution is 2.14. The molecule has 0 radical (unpaired) electrons. The molecule has 0 aliphatic rings. The molecule has 0 rings (SSSR count). The number of hydrogen-bond donors (Lipinski definition) is 1. The Morgan fingerprint density at radius 3 is 1.43 bits per heavy atom. The number of hydrogen-bond acceptors (Lipinski definition) is 6. The summed E-state index contributed by atoms with van der Waals surface area (Å²) in [4.78, 5) is 37.0. The van der Waals surface area contributed by atoms with E-state index in [0.29, 0.717) is 19.3 Å². The molecule has 0 spiro atoms. The van der Waals surface area contributed by atoms with Crippen molar-refractivity contribution in [2.75, 3.05) is 41.0 Å². The van der Waals surface area contributed by atoms with Crippen LogP contribution in [0.1, 0.15) is 187 Å². The van der Waals surface area contributed by atoms with E-state index in [0.717, 1.165) is 83.5 Å². The molecule has 0 aromatic carbocycles. The van der Waals surface area contributed by atoms with Crippen LogP contribution in [0.5, 0.6) is 0 Å². The number of carbonyl (C=O) groups excluding carboxylic acids is 2. The maximum Gasteiger partial charge on any atom is 0.362 e. The number of carboxylic acid groups (broad SMARTS) is 1. The first-order valence-electron chi connectivity index (χ1n) is 23.3. The zero-order chi connectivity index (χ0) is 42.8. The van der Waals surface area contributed by atoms with Crippen molar-refractivity contribution >= 4 is 17.9 Å². The van der Waals surface area contributed by atoms with Gasteiger partial charge >= 0.3 is 17.9 Å². The first-order valence-corrected chi connectivity index (χ1v) is 23.3. The van der Waals surface area contributed by atoms with Crippen LogP contribution in [0.2, 0.25) is 0 Å². The lowest BCUT2D eigenvalue weighted by molar-refractivity contribution is -0.887. The Kier molecular flexibility index (Phi) is 38.7. The number of likely N-dealkylation sites (N-methyl/N-ethyl adjacent to an activating group) is 1. The van der Waals surface area contributed by atoms with Gasteiger partial charge in [-0.05, 0) is 77.0 Å². The lowest BCUT2D eigenvalue weighted by Crippen LogP contribution is -2.50. The largest absolute Gasteiger partial charge is 0.477 e. The van der Waals surface area contributed by atoms with Crippen molar-refractivity contribution in [1.29, 1.82) is 0 Å². The molecule has 0 aromatic heterocycles. The Morgan fingerprint density at radius 2 is 0.966 bits per heavy atom. The molecule has 0 aliphatic carbocycles. The summed E-state index contributed by atoms with van der Waals surface area (Å²) in [6, 6.07) is -0.620. The smallest absolute Gasteiger partial charge is 0.362 e. The highest BCUT2D eigenvalue weighted by molar-refractivity contribution is 5.72. The molecule has 2 unspecified atom stereocenters. The predicted octanol–water partition coefficient (Wildman–Crippen LogP) is 13.0. The second-order valence-electron chi connectivity index (χ2n) is 16.6. The third kappa shape index (κ3) is 38.5. The van der Waals surface area contributed by atoms with Crippen molar-refractivity contribution in [3.8, 4) is 0 Å². The Labute approximate surface area is 356 Å². The van der Waals surface area contributed by atoms with Crippen LogP contribution in [0.25, 0.3) is 0 Å². The van der Waals surface area contributed by atoms with Crippen molar-refractivity contribution in [3.63, 3.8) is 0 Å². The zero-order valence-electron chi connectivity index (χ0n) is 38.0. The van der Waals surface area contributed by atoms with E-state index < -0.39 is 18.1 Å². The molecule has 2 atom stereocenters. The van der Waals surface area contributed by atoms with Gasteiger partial charge in [0.1, 0.15) is 6.61 Å². The minimum absolute atomic E-state index is 0.0509. The number of unbranched alkanes of at least 4 members (excludes halogenated alkanes) is 17. The van der Waals surface area contributed by atoms with Gasteiger partial charge in [-0.25, -0.2) is 4.79 Å². The number of esters is 2. The standard InChI is InChI=1S/C50H87NO7/c1-6-8-10-12-14-16-18-20-22-23-24-25-27-28-30-32-34-36-38-40-48(52)57-45-46(44-56-43-42-47(50(54)55)51(3,4)5)58-49(53)41-39-37-35-33-31-29-26-21-19-17-15-13-11-9-7-2/h9,11,14-17,20-22,26,46-47H,6-8,10,12-13,18-19,23-25,27-45H2,1-5H3/p+1/b11-9-,16-14-,17-15-,22-20-,26-21-. The second-order valence-corrected chi connectivity index (χ2v) is 16.6. The fraction of sp³-hybridized carbons (Fsp3) is 0.740. The highest BCUT2D eigenvalue weighted by atomic mass is 16.6. The number of carbonyl (C=O) groups is 3. The zero-order valence-corrected chi connectivity index (χ0v) is 38.0. The maximum atomic E-state index is 12.7. The summed E-state index contributed by atoms with van der Waals surface area (Å²) >= 11 is 0. The molecule has 58 heavy (non-hydrogen) atoms. The van der Waals surface area contributed by atoms with Crippen molar-refractivity contribution in [2.45, 2.75) is 199 Å². The Hall–Kier alpha value is -2.97. The fourth-order valence-electron chi connectivity index (χ4n) is 6.55. The number of rotatable bonds is 41. The Balaban J connectivity index is 4.32. The van der Waals surface area contributed by atoms with Crippen LogP contribution in [-0.2, 0) is 28.6 Å². The van der Waals surface area contributed by atoms with E-state index in [1.165, 1.54) is 70.6 Å². The summed E-state index contributed by atoms with van der Waals surface area (Å²) in [5.74, 6) is -1.50. The van der Waals surface area contributed by atoms with E-state index >= 15 is 0 Å². The number of quaternary nitrogens is 1. The normalized spacial score (nSPS) is 13.5. The molecular weight excluding hydrogens is 727 g/mol. The first kappa shape index (κ1) is 55.0. The molecule has 0 amide bonds. The van der Waals surface area contributed by atoms with Gasteiger partial charge in [-0.1, -0.05) is 152 Å². The van der Waals surface area contributed by atoms with E-state index in [1.807, 2.05) is 21.1 Å². The SMILES string of the molecule is CC/C=C\C/C=C\C/C=C\CCCCCCCC(=O)OC(COCCC(C(=O)O)[N+](C)(C)C)COC(=O)CCCCCCCCCCC/C=C\C/C=C\CCCCC.